The fraction of sp³-hybridized carbons (Fsp3) is 0.864. The summed E-state index contributed by atoms with van der Waals surface area (Å²) in [5.74, 6) is -0.247. The maximum Gasteiger partial charge on any atom is 0.308 e. The van der Waals surface area contributed by atoms with E-state index in [1.807, 2.05) is 0 Å². The number of esters is 1. The number of ether oxygens (including phenoxy) is 9. The third kappa shape index (κ3) is 26.9. The zero-order chi connectivity index (χ0) is 23.4. The van der Waals surface area contributed by atoms with Crippen molar-refractivity contribution in [2.24, 2.45) is 0 Å². The minimum absolute atomic E-state index is 0.247. The van der Waals surface area contributed by atoms with E-state index in [1.165, 1.54) is 0 Å². The lowest BCUT2D eigenvalue weighted by Gasteiger charge is -2.08. The minimum Gasteiger partial charge on any atom is -0.466 e. The highest BCUT2D eigenvalue weighted by Crippen LogP contribution is 1.89. The summed E-state index contributed by atoms with van der Waals surface area (Å²) in [6.07, 6.45) is 1.97. The summed E-state index contributed by atoms with van der Waals surface area (Å²) in [6, 6.07) is 0. The summed E-state index contributed by atoms with van der Waals surface area (Å²) in [6.45, 7) is 13.8. The van der Waals surface area contributed by atoms with Gasteiger partial charge in [-0.1, -0.05) is 6.08 Å². The van der Waals surface area contributed by atoms with Crippen LogP contribution in [0.5, 0.6) is 0 Å². The van der Waals surface area contributed by atoms with Crippen molar-refractivity contribution in [3.05, 3.63) is 12.7 Å². The van der Waals surface area contributed by atoms with Gasteiger partial charge in [-0.15, -0.1) is 6.58 Å². The number of rotatable bonds is 27. The molecule has 0 radical (unpaired) electrons. The van der Waals surface area contributed by atoms with Gasteiger partial charge in [-0.05, 0) is 6.92 Å². The van der Waals surface area contributed by atoms with Crippen LogP contribution < -0.4 is 0 Å². The molecule has 0 saturated heterocycles. The van der Waals surface area contributed by atoms with Crippen LogP contribution in [0.25, 0.3) is 0 Å². The third-order valence-electron chi connectivity index (χ3n) is 3.60. The average Bonchev–Trinajstić information content (AvgIpc) is 2.79. The molecule has 0 aliphatic heterocycles. The summed E-state index contributed by atoms with van der Waals surface area (Å²) in [4.78, 5) is 11.1. The van der Waals surface area contributed by atoms with Crippen molar-refractivity contribution < 1.29 is 47.4 Å². The summed E-state index contributed by atoms with van der Waals surface area (Å²) in [5, 5.41) is 0. The second-order valence-corrected chi connectivity index (χ2v) is 6.21. The van der Waals surface area contributed by atoms with Crippen LogP contribution >= 0.6 is 0 Å². The Kier molecular flexibility index (Phi) is 27.0. The van der Waals surface area contributed by atoms with E-state index < -0.39 is 0 Å². The molecule has 190 valence electrons. The van der Waals surface area contributed by atoms with E-state index in [4.69, 9.17) is 42.6 Å². The van der Waals surface area contributed by atoms with Gasteiger partial charge >= 0.3 is 5.97 Å². The highest BCUT2D eigenvalue weighted by molar-refractivity contribution is 5.69. The zero-order valence-electron chi connectivity index (χ0n) is 19.6. The van der Waals surface area contributed by atoms with Gasteiger partial charge in [0.15, 0.2) is 0 Å². The normalized spacial score (nSPS) is 11.0. The molecule has 32 heavy (non-hydrogen) atoms. The van der Waals surface area contributed by atoms with Crippen molar-refractivity contribution in [2.45, 2.75) is 13.3 Å². The van der Waals surface area contributed by atoms with Gasteiger partial charge in [-0.2, -0.15) is 0 Å². The summed E-state index contributed by atoms with van der Waals surface area (Å²) in [7, 11) is 0. The van der Waals surface area contributed by atoms with Crippen LogP contribution in [0.4, 0.5) is 0 Å². The minimum atomic E-state index is -0.247. The monoisotopic (exact) mass is 466 g/mol. The molecule has 0 bridgehead atoms. The van der Waals surface area contributed by atoms with Crippen LogP contribution in [0.3, 0.4) is 0 Å². The Bertz CT molecular complexity index is 395. The molecule has 0 rings (SSSR count). The van der Waals surface area contributed by atoms with E-state index in [1.54, 1.807) is 13.0 Å². The van der Waals surface area contributed by atoms with Crippen LogP contribution in [0.2, 0.25) is 0 Å². The molecular weight excluding hydrogens is 424 g/mol. The van der Waals surface area contributed by atoms with E-state index in [-0.39, 0.29) is 12.4 Å². The third-order valence-corrected chi connectivity index (χ3v) is 3.60. The molecule has 0 saturated carbocycles. The van der Waals surface area contributed by atoms with Crippen molar-refractivity contribution in [3.63, 3.8) is 0 Å². The lowest BCUT2D eigenvalue weighted by atomic mass is 10.5. The predicted octanol–water partition coefficient (Wildman–Crippen LogP) is 1.26. The van der Waals surface area contributed by atoms with Gasteiger partial charge in [0, 0.05) is 0 Å². The first kappa shape index (κ1) is 30.9. The number of carbonyl (C=O) groups excluding carboxylic acids is 1. The molecule has 0 aromatic carbocycles. The Labute approximate surface area is 192 Å². The molecule has 0 atom stereocenters. The molecular formula is C22H42O10. The predicted molar refractivity (Wildman–Crippen MR) is 118 cm³/mol. The average molecular weight is 467 g/mol. The Morgan fingerprint density at radius 2 is 0.875 bits per heavy atom. The lowest BCUT2D eigenvalue weighted by Crippen LogP contribution is -2.15. The van der Waals surface area contributed by atoms with Crippen LogP contribution in [-0.4, -0.2) is 118 Å². The first-order valence-electron chi connectivity index (χ1n) is 11.2. The van der Waals surface area contributed by atoms with Crippen molar-refractivity contribution in [3.8, 4) is 0 Å². The highest BCUT2D eigenvalue weighted by Gasteiger charge is 2.00. The fourth-order valence-corrected chi connectivity index (χ4v) is 2.09. The molecule has 0 spiro atoms. The van der Waals surface area contributed by atoms with Gasteiger partial charge < -0.3 is 42.6 Å². The van der Waals surface area contributed by atoms with Gasteiger partial charge in [0.25, 0.3) is 0 Å². The van der Waals surface area contributed by atoms with Crippen LogP contribution in [0.1, 0.15) is 13.3 Å². The lowest BCUT2D eigenvalue weighted by molar-refractivity contribution is -0.144. The zero-order valence-corrected chi connectivity index (χ0v) is 19.6. The SMILES string of the molecule is C=CCOCCOCCOCCOCCOCCOCCOCCOCCC(=O)OCC. The Morgan fingerprint density at radius 3 is 1.19 bits per heavy atom. The summed E-state index contributed by atoms with van der Waals surface area (Å²) >= 11 is 0. The molecule has 0 N–H and O–H groups in total. The Morgan fingerprint density at radius 1 is 0.562 bits per heavy atom. The second-order valence-electron chi connectivity index (χ2n) is 6.21. The van der Waals surface area contributed by atoms with Crippen molar-refractivity contribution >= 4 is 5.97 Å². The quantitative estimate of drug-likeness (QED) is 0.0999. The standard InChI is InChI=1S/C22H42O10/c1-3-6-24-8-10-26-12-14-28-16-18-30-20-21-31-19-17-29-15-13-27-11-9-25-7-5-22(23)32-4-2/h3H,1,4-21H2,2H3. The Balaban J connectivity index is 3.04. The van der Waals surface area contributed by atoms with Crippen molar-refractivity contribution in [1.82, 2.24) is 0 Å². The van der Waals surface area contributed by atoms with Crippen LogP contribution in [0.15, 0.2) is 12.7 Å². The topological polar surface area (TPSA) is 100 Å². The maximum absolute atomic E-state index is 11.1. The highest BCUT2D eigenvalue weighted by atomic mass is 16.6. The maximum atomic E-state index is 11.1. The van der Waals surface area contributed by atoms with E-state index in [2.05, 4.69) is 6.58 Å². The van der Waals surface area contributed by atoms with Gasteiger partial charge in [-0.3, -0.25) is 4.79 Å². The first-order chi connectivity index (χ1) is 15.8. The molecule has 0 aliphatic rings. The molecule has 0 amide bonds. The molecule has 0 aromatic heterocycles. The number of hydrogen-bond acceptors (Lipinski definition) is 10. The van der Waals surface area contributed by atoms with E-state index >= 15 is 0 Å². The van der Waals surface area contributed by atoms with E-state index in [0.717, 1.165) is 0 Å². The Hall–Kier alpha value is -1.11. The molecule has 0 aliphatic carbocycles. The fourth-order valence-electron chi connectivity index (χ4n) is 2.09. The molecule has 0 unspecified atom stereocenters. The molecule has 0 heterocycles. The summed E-state index contributed by atoms with van der Waals surface area (Å²) < 4.78 is 47.6. The number of hydrogen-bond donors (Lipinski definition) is 0. The first-order valence-corrected chi connectivity index (χ1v) is 11.2. The van der Waals surface area contributed by atoms with Crippen molar-refractivity contribution in [2.75, 3.05) is 112 Å². The van der Waals surface area contributed by atoms with E-state index in [0.29, 0.717) is 112 Å². The van der Waals surface area contributed by atoms with Gasteiger partial charge in [0.1, 0.15) is 0 Å². The molecule has 10 nitrogen and oxygen atoms in total. The van der Waals surface area contributed by atoms with Crippen LogP contribution in [0, 0.1) is 0 Å². The second kappa shape index (κ2) is 27.9. The summed E-state index contributed by atoms with van der Waals surface area (Å²) in [5.41, 5.74) is 0. The molecule has 0 fully saturated rings. The van der Waals surface area contributed by atoms with Gasteiger partial charge in [0.2, 0.25) is 0 Å². The van der Waals surface area contributed by atoms with Gasteiger partial charge in [-0.25, -0.2) is 0 Å². The molecule has 0 aromatic rings. The van der Waals surface area contributed by atoms with E-state index in [9.17, 15) is 4.79 Å². The van der Waals surface area contributed by atoms with Gasteiger partial charge in [0.05, 0.1) is 119 Å². The largest absolute Gasteiger partial charge is 0.466 e. The van der Waals surface area contributed by atoms with Crippen molar-refractivity contribution in [1.29, 1.82) is 0 Å². The smallest absolute Gasteiger partial charge is 0.308 e. The van der Waals surface area contributed by atoms with Crippen LogP contribution in [-0.2, 0) is 47.4 Å². The molecule has 10 heteroatoms. The number of carbonyl (C=O) groups is 1.